The van der Waals surface area contributed by atoms with Gasteiger partial charge >= 0.3 is 12.1 Å². The second kappa shape index (κ2) is 8.58. The van der Waals surface area contributed by atoms with Gasteiger partial charge in [0.05, 0.1) is 5.37 Å². The molecular formula is C18H23NO5S. The van der Waals surface area contributed by atoms with Gasteiger partial charge in [0.2, 0.25) is 0 Å². The summed E-state index contributed by atoms with van der Waals surface area (Å²) in [5.41, 5.74) is 0.885. The molecule has 1 aromatic carbocycles. The van der Waals surface area contributed by atoms with Crippen LogP contribution >= 0.6 is 11.8 Å². The Morgan fingerprint density at radius 2 is 1.96 bits per heavy atom. The first-order valence-electron chi connectivity index (χ1n) is 8.56. The van der Waals surface area contributed by atoms with Crippen molar-refractivity contribution in [1.29, 1.82) is 0 Å². The maximum Gasteiger partial charge on any atom is 0.411 e. The molecule has 0 radical (unpaired) electrons. The van der Waals surface area contributed by atoms with Crippen molar-refractivity contribution < 1.29 is 24.2 Å². The zero-order valence-corrected chi connectivity index (χ0v) is 14.8. The number of ether oxygens (including phenoxy) is 2. The Hall–Kier alpha value is -1.73. The smallest absolute Gasteiger partial charge is 0.411 e. The van der Waals surface area contributed by atoms with Gasteiger partial charge < -0.3 is 14.6 Å². The number of aliphatic carboxylic acids is 1. The molecule has 136 valence electrons. The summed E-state index contributed by atoms with van der Waals surface area (Å²) >= 11 is 1.53. The summed E-state index contributed by atoms with van der Waals surface area (Å²) in [6.07, 6.45) is 2.17. The van der Waals surface area contributed by atoms with Crippen LogP contribution in [0.2, 0.25) is 0 Å². The van der Waals surface area contributed by atoms with Gasteiger partial charge in [0, 0.05) is 19.0 Å². The van der Waals surface area contributed by atoms with Gasteiger partial charge in [0.15, 0.2) is 0 Å². The zero-order chi connectivity index (χ0) is 17.6. The molecule has 1 amide bonds. The van der Waals surface area contributed by atoms with Crippen molar-refractivity contribution >= 4 is 23.8 Å². The van der Waals surface area contributed by atoms with Crippen LogP contribution in [0.25, 0.3) is 0 Å². The molecule has 2 atom stereocenters. The molecule has 2 heterocycles. The van der Waals surface area contributed by atoms with Crippen LogP contribution in [-0.2, 0) is 20.9 Å². The van der Waals surface area contributed by atoms with Gasteiger partial charge in [-0.05, 0) is 30.7 Å². The second-order valence-corrected chi connectivity index (χ2v) is 7.59. The Morgan fingerprint density at radius 3 is 2.64 bits per heavy atom. The van der Waals surface area contributed by atoms with Crippen LogP contribution in [0, 0.1) is 5.92 Å². The Kier molecular flexibility index (Phi) is 6.20. The molecule has 0 bridgehead atoms. The van der Waals surface area contributed by atoms with Crippen molar-refractivity contribution in [2.24, 2.45) is 5.92 Å². The number of carbonyl (C=O) groups is 2. The minimum Gasteiger partial charge on any atom is -0.480 e. The van der Waals surface area contributed by atoms with Crippen molar-refractivity contribution in [3.8, 4) is 0 Å². The Balaban J connectivity index is 1.63. The highest BCUT2D eigenvalue weighted by Crippen LogP contribution is 2.36. The topological polar surface area (TPSA) is 76.1 Å². The lowest BCUT2D eigenvalue weighted by Gasteiger charge is -2.30. The molecule has 7 heteroatoms. The molecule has 2 fully saturated rings. The van der Waals surface area contributed by atoms with Crippen LogP contribution in [0.1, 0.15) is 24.8 Å². The molecule has 0 aromatic heterocycles. The third-order valence-corrected chi connectivity index (χ3v) is 5.98. The van der Waals surface area contributed by atoms with Gasteiger partial charge in [-0.25, -0.2) is 9.59 Å². The van der Waals surface area contributed by atoms with Gasteiger partial charge in [-0.1, -0.05) is 30.3 Å². The molecule has 2 saturated heterocycles. The summed E-state index contributed by atoms with van der Waals surface area (Å²) in [6.45, 7) is 1.63. The number of rotatable bonds is 5. The fraction of sp³-hybridized carbons (Fsp3) is 0.556. The number of nitrogens with zero attached hydrogens (tertiary/aromatic N) is 1. The predicted octanol–water partition coefficient (Wildman–Crippen LogP) is 2.97. The van der Waals surface area contributed by atoms with E-state index in [0.717, 1.165) is 38.0 Å². The molecule has 0 saturated carbocycles. The highest BCUT2D eigenvalue weighted by molar-refractivity contribution is 8.00. The number of amides is 1. The molecule has 0 aliphatic carbocycles. The average molecular weight is 365 g/mol. The zero-order valence-electron chi connectivity index (χ0n) is 14.0. The molecule has 3 rings (SSSR count). The van der Waals surface area contributed by atoms with E-state index in [4.69, 9.17) is 9.47 Å². The number of carboxylic acids is 1. The minimum absolute atomic E-state index is 0.146. The van der Waals surface area contributed by atoms with Crippen molar-refractivity contribution in [3.63, 3.8) is 0 Å². The fourth-order valence-corrected chi connectivity index (χ4v) is 4.75. The van der Waals surface area contributed by atoms with E-state index in [9.17, 15) is 14.7 Å². The summed E-state index contributed by atoms with van der Waals surface area (Å²) in [5.74, 6) is -0.106. The monoisotopic (exact) mass is 365 g/mol. The van der Waals surface area contributed by atoms with Crippen molar-refractivity contribution in [2.45, 2.75) is 37.3 Å². The van der Waals surface area contributed by atoms with E-state index in [1.165, 1.54) is 16.7 Å². The molecule has 2 aliphatic heterocycles. The lowest BCUT2D eigenvalue weighted by molar-refractivity contribution is -0.141. The normalized spacial score (nSPS) is 24.2. The van der Waals surface area contributed by atoms with E-state index in [1.807, 2.05) is 30.3 Å². The van der Waals surface area contributed by atoms with Crippen LogP contribution in [0.4, 0.5) is 4.79 Å². The van der Waals surface area contributed by atoms with Gasteiger partial charge in [-0.15, -0.1) is 11.8 Å². The van der Waals surface area contributed by atoms with Crippen molar-refractivity contribution in [1.82, 2.24) is 4.90 Å². The van der Waals surface area contributed by atoms with Gasteiger partial charge in [-0.2, -0.15) is 0 Å². The Bertz CT molecular complexity index is 590. The van der Waals surface area contributed by atoms with Crippen molar-refractivity contribution in [2.75, 3.05) is 19.0 Å². The predicted molar refractivity (Wildman–Crippen MR) is 94.3 cm³/mol. The van der Waals surface area contributed by atoms with E-state index in [0.29, 0.717) is 11.7 Å². The molecule has 1 aromatic rings. The third kappa shape index (κ3) is 4.67. The summed E-state index contributed by atoms with van der Waals surface area (Å²) in [7, 11) is 0. The first-order valence-corrected chi connectivity index (χ1v) is 9.61. The summed E-state index contributed by atoms with van der Waals surface area (Å²) in [4.78, 5) is 25.6. The van der Waals surface area contributed by atoms with E-state index < -0.39 is 18.1 Å². The van der Waals surface area contributed by atoms with Crippen LogP contribution < -0.4 is 0 Å². The summed E-state index contributed by atoms with van der Waals surface area (Å²) in [6, 6.07) is 8.58. The minimum atomic E-state index is -0.973. The average Bonchev–Trinajstić information content (AvgIpc) is 3.05. The standard InChI is InChI=1S/C18H23NO5S/c20-17(21)15-12-25-16(10-13-6-8-23-9-7-13)19(15)18(22)24-11-14-4-2-1-3-5-14/h1-5,13,15-16H,6-12H2,(H,20,21). The SMILES string of the molecule is O=C(O)C1CSC(CC2CCOCC2)N1C(=O)OCc1ccccc1. The van der Waals surface area contributed by atoms with Gasteiger partial charge in [0.1, 0.15) is 12.6 Å². The maximum atomic E-state index is 12.6. The van der Waals surface area contributed by atoms with Crippen LogP contribution in [0.15, 0.2) is 30.3 Å². The molecule has 6 nitrogen and oxygen atoms in total. The first kappa shape index (κ1) is 18.1. The van der Waals surface area contributed by atoms with Gasteiger partial charge in [0.25, 0.3) is 0 Å². The van der Waals surface area contributed by atoms with E-state index in [-0.39, 0.29) is 12.0 Å². The molecule has 2 aliphatic rings. The number of hydrogen-bond donors (Lipinski definition) is 1. The lowest BCUT2D eigenvalue weighted by Crippen LogP contribution is -2.46. The summed E-state index contributed by atoms with van der Waals surface area (Å²) in [5, 5.41) is 9.31. The number of hydrogen-bond acceptors (Lipinski definition) is 5. The van der Waals surface area contributed by atoms with Crippen LogP contribution in [0.5, 0.6) is 0 Å². The van der Waals surface area contributed by atoms with Crippen LogP contribution in [-0.4, -0.2) is 52.5 Å². The van der Waals surface area contributed by atoms with Crippen molar-refractivity contribution in [3.05, 3.63) is 35.9 Å². The third-order valence-electron chi connectivity index (χ3n) is 4.67. The van der Waals surface area contributed by atoms with E-state index in [2.05, 4.69) is 0 Å². The van der Waals surface area contributed by atoms with E-state index in [1.54, 1.807) is 0 Å². The number of thioether (sulfide) groups is 1. The lowest BCUT2D eigenvalue weighted by atomic mass is 9.96. The molecule has 25 heavy (non-hydrogen) atoms. The Labute approximate surface area is 151 Å². The Morgan fingerprint density at radius 1 is 1.24 bits per heavy atom. The number of carbonyl (C=O) groups excluding carboxylic acids is 1. The van der Waals surface area contributed by atoms with Gasteiger partial charge in [-0.3, -0.25) is 4.90 Å². The molecule has 2 unspecified atom stereocenters. The molecular weight excluding hydrogens is 342 g/mol. The van der Waals surface area contributed by atoms with E-state index >= 15 is 0 Å². The molecule has 1 N–H and O–H groups in total. The summed E-state index contributed by atoms with van der Waals surface area (Å²) < 4.78 is 10.8. The quantitative estimate of drug-likeness (QED) is 0.865. The first-order chi connectivity index (χ1) is 12.1. The molecule has 0 spiro atoms. The van der Waals surface area contributed by atoms with Crippen LogP contribution in [0.3, 0.4) is 0 Å². The maximum absolute atomic E-state index is 12.6. The fourth-order valence-electron chi connectivity index (χ4n) is 3.24. The largest absolute Gasteiger partial charge is 0.480 e. The number of benzene rings is 1. The second-order valence-electron chi connectivity index (χ2n) is 6.38. The highest BCUT2D eigenvalue weighted by Gasteiger charge is 2.43. The number of carboxylic acid groups (broad SMARTS) is 1. The highest BCUT2D eigenvalue weighted by atomic mass is 32.2.